The van der Waals surface area contributed by atoms with Gasteiger partial charge in [-0.2, -0.15) is 13.2 Å². The Bertz CT molecular complexity index is 662. The van der Waals surface area contributed by atoms with Gasteiger partial charge in [0.1, 0.15) is 0 Å². The van der Waals surface area contributed by atoms with Gasteiger partial charge < -0.3 is 16.0 Å². The van der Waals surface area contributed by atoms with Crippen LogP contribution in [-0.2, 0) is 15.8 Å². The molecule has 2 atom stereocenters. The summed E-state index contributed by atoms with van der Waals surface area (Å²) in [4.78, 5) is 23.1. The topological polar surface area (TPSA) is 70.2 Å². The third-order valence-electron chi connectivity index (χ3n) is 4.54. The Morgan fingerprint density at radius 2 is 1.88 bits per heavy atom. The Kier molecular flexibility index (Phi) is 6.50. The first-order chi connectivity index (χ1) is 12.2. The lowest BCUT2D eigenvalue weighted by Crippen LogP contribution is -2.43. The molecule has 1 saturated carbocycles. The fourth-order valence-corrected chi connectivity index (χ4v) is 3.18. The monoisotopic (exact) mass is 371 g/mol. The highest BCUT2D eigenvalue weighted by Gasteiger charge is 2.34. The van der Waals surface area contributed by atoms with Gasteiger partial charge in [-0.1, -0.05) is 19.8 Å². The molecule has 1 fully saturated rings. The number of hydrogen-bond acceptors (Lipinski definition) is 3. The fourth-order valence-electron chi connectivity index (χ4n) is 3.18. The lowest BCUT2D eigenvalue weighted by atomic mass is 9.86. The second kappa shape index (κ2) is 8.42. The average molecular weight is 371 g/mol. The predicted molar refractivity (Wildman–Crippen MR) is 93.8 cm³/mol. The van der Waals surface area contributed by atoms with Gasteiger partial charge in [0.2, 0.25) is 11.8 Å². The summed E-state index contributed by atoms with van der Waals surface area (Å²) >= 11 is 0. The molecule has 0 aliphatic heterocycles. The van der Waals surface area contributed by atoms with Crippen molar-refractivity contribution in [2.45, 2.75) is 51.7 Å². The molecule has 1 aliphatic carbocycles. The summed E-state index contributed by atoms with van der Waals surface area (Å²) in [6, 6.07) is 3.50. The minimum Gasteiger partial charge on any atom is -0.376 e. The molecule has 0 heterocycles. The van der Waals surface area contributed by atoms with Crippen molar-refractivity contribution in [2.24, 2.45) is 5.92 Å². The second-order valence-electron chi connectivity index (χ2n) is 6.73. The highest BCUT2D eigenvalue weighted by molar-refractivity contribution is 5.89. The van der Waals surface area contributed by atoms with E-state index in [-0.39, 0.29) is 29.9 Å². The van der Waals surface area contributed by atoms with Crippen molar-refractivity contribution in [2.75, 3.05) is 17.2 Å². The molecule has 2 rings (SSSR count). The molecule has 1 aromatic carbocycles. The molecule has 2 amide bonds. The maximum absolute atomic E-state index is 13.3. The van der Waals surface area contributed by atoms with Gasteiger partial charge in [0.25, 0.3) is 0 Å². The van der Waals surface area contributed by atoms with E-state index in [9.17, 15) is 22.8 Å². The minimum absolute atomic E-state index is 0.0517. The highest BCUT2D eigenvalue weighted by Crippen LogP contribution is 2.36. The van der Waals surface area contributed by atoms with E-state index in [0.717, 1.165) is 31.7 Å². The number of hydrogen-bond donors (Lipinski definition) is 3. The van der Waals surface area contributed by atoms with Crippen molar-refractivity contribution in [3.8, 4) is 0 Å². The molecular formula is C18H24F3N3O2. The Balaban J connectivity index is 2.03. The Morgan fingerprint density at radius 3 is 2.50 bits per heavy atom. The van der Waals surface area contributed by atoms with Gasteiger partial charge in [0, 0.05) is 24.3 Å². The molecule has 26 heavy (non-hydrogen) atoms. The first kappa shape index (κ1) is 20.1. The van der Waals surface area contributed by atoms with Crippen LogP contribution in [0.15, 0.2) is 18.2 Å². The maximum Gasteiger partial charge on any atom is 0.418 e. The molecular weight excluding hydrogens is 347 g/mol. The zero-order valence-electron chi connectivity index (χ0n) is 14.9. The molecule has 144 valence electrons. The molecule has 1 aliphatic rings. The molecule has 8 heteroatoms. The molecule has 5 nitrogen and oxygen atoms in total. The predicted octanol–water partition coefficient (Wildman–Crippen LogP) is 3.77. The number of carbonyl (C=O) groups excluding carboxylic acids is 2. The van der Waals surface area contributed by atoms with Crippen LogP contribution in [0.1, 0.15) is 45.1 Å². The molecule has 3 N–H and O–H groups in total. The van der Waals surface area contributed by atoms with E-state index < -0.39 is 17.6 Å². The number of anilines is 2. The number of nitrogens with one attached hydrogen (secondary N) is 3. The minimum atomic E-state index is -4.61. The van der Waals surface area contributed by atoms with Crippen molar-refractivity contribution >= 4 is 23.2 Å². The Labute approximate surface area is 150 Å². The largest absolute Gasteiger partial charge is 0.418 e. The van der Waals surface area contributed by atoms with Gasteiger partial charge in [-0.25, -0.2) is 0 Å². The number of carbonyl (C=O) groups is 2. The normalized spacial score (nSPS) is 20.3. The molecule has 0 bridgehead atoms. The van der Waals surface area contributed by atoms with Crippen LogP contribution < -0.4 is 16.0 Å². The molecule has 0 aromatic heterocycles. The molecule has 0 radical (unpaired) electrons. The van der Waals surface area contributed by atoms with Crippen molar-refractivity contribution in [1.29, 1.82) is 0 Å². The summed E-state index contributed by atoms with van der Waals surface area (Å²) < 4.78 is 39.8. The van der Waals surface area contributed by atoms with Gasteiger partial charge in [0.05, 0.1) is 12.1 Å². The van der Waals surface area contributed by atoms with E-state index in [1.165, 1.54) is 19.1 Å². The van der Waals surface area contributed by atoms with Crippen LogP contribution in [0.4, 0.5) is 24.5 Å². The standard InChI is InChI=1S/C18H24F3N3O2/c1-11-5-3-4-6-15(11)24-17(26)10-22-16-8-7-13(23-12(2)25)9-14(16)18(19,20)21/h7-9,11,15,22H,3-6,10H2,1-2H3,(H,23,25)(H,24,26). The number of alkyl halides is 3. The third kappa shape index (κ3) is 5.64. The van der Waals surface area contributed by atoms with E-state index in [1.807, 2.05) is 0 Å². The zero-order chi connectivity index (χ0) is 19.3. The summed E-state index contributed by atoms with van der Waals surface area (Å²) in [5.41, 5.74) is -1.07. The lowest BCUT2D eigenvalue weighted by molar-refractivity contribution is -0.137. The van der Waals surface area contributed by atoms with Crippen molar-refractivity contribution in [3.05, 3.63) is 23.8 Å². The third-order valence-corrected chi connectivity index (χ3v) is 4.54. The van der Waals surface area contributed by atoms with Crippen LogP contribution in [-0.4, -0.2) is 24.4 Å². The van der Waals surface area contributed by atoms with Crippen molar-refractivity contribution < 1.29 is 22.8 Å². The van der Waals surface area contributed by atoms with Crippen LogP contribution in [0.5, 0.6) is 0 Å². The molecule has 1 aromatic rings. The van der Waals surface area contributed by atoms with E-state index in [2.05, 4.69) is 22.9 Å². The quantitative estimate of drug-likeness (QED) is 0.738. The van der Waals surface area contributed by atoms with Gasteiger partial charge in [-0.15, -0.1) is 0 Å². The van der Waals surface area contributed by atoms with E-state index in [0.29, 0.717) is 5.92 Å². The SMILES string of the molecule is CC(=O)Nc1ccc(NCC(=O)NC2CCCCC2C)c(C(F)(F)F)c1. The Morgan fingerprint density at radius 1 is 1.19 bits per heavy atom. The zero-order valence-corrected chi connectivity index (χ0v) is 14.9. The first-order valence-corrected chi connectivity index (χ1v) is 8.69. The van der Waals surface area contributed by atoms with Crippen LogP contribution in [0, 0.1) is 5.92 Å². The van der Waals surface area contributed by atoms with Crippen LogP contribution in [0.25, 0.3) is 0 Å². The second-order valence-corrected chi connectivity index (χ2v) is 6.73. The van der Waals surface area contributed by atoms with Crippen LogP contribution in [0.2, 0.25) is 0 Å². The number of benzene rings is 1. The van der Waals surface area contributed by atoms with Gasteiger partial charge in [0.15, 0.2) is 0 Å². The van der Waals surface area contributed by atoms with Crippen LogP contribution in [0.3, 0.4) is 0 Å². The summed E-state index contributed by atoms with van der Waals surface area (Å²) in [6.45, 7) is 3.04. The fraction of sp³-hybridized carbons (Fsp3) is 0.556. The smallest absolute Gasteiger partial charge is 0.376 e. The number of amides is 2. The van der Waals surface area contributed by atoms with Gasteiger partial charge in [-0.3, -0.25) is 9.59 Å². The average Bonchev–Trinajstić information content (AvgIpc) is 2.54. The highest BCUT2D eigenvalue weighted by atomic mass is 19.4. The first-order valence-electron chi connectivity index (χ1n) is 8.69. The summed E-state index contributed by atoms with van der Waals surface area (Å²) in [7, 11) is 0. The number of rotatable bonds is 5. The maximum atomic E-state index is 13.3. The van der Waals surface area contributed by atoms with Crippen LogP contribution >= 0.6 is 0 Å². The van der Waals surface area contributed by atoms with Crippen molar-refractivity contribution in [3.63, 3.8) is 0 Å². The van der Waals surface area contributed by atoms with Gasteiger partial charge in [-0.05, 0) is 37.0 Å². The molecule has 0 spiro atoms. The summed E-state index contributed by atoms with van der Waals surface area (Å²) in [5, 5.41) is 7.78. The summed E-state index contributed by atoms with van der Waals surface area (Å²) in [5.74, 6) is -0.419. The van der Waals surface area contributed by atoms with E-state index >= 15 is 0 Å². The molecule has 2 unspecified atom stereocenters. The number of halogens is 3. The summed E-state index contributed by atoms with van der Waals surface area (Å²) in [6.07, 6.45) is -0.481. The van der Waals surface area contributed by atoms with E-state index in [1.54, 1.807) is 0 Å². The molecule has 0 saturated heterocycles. The Hall–Kier alpha value is -2.25. The van der Waals surface area contributed by atoms with E-state index in [4.69, 9.17) is 0 Å². The van der Waals surface area contributed by atoms with Gasteiger partial charge >= 0.3 is 6.18 Å². The van der Waals surface area contributed by atoms with Crippen molar-refractivity contribution in [1.82, 2.24) is 5.32 Å². The lowest BCUT2D eigenvalue weighted by Gasteiger charge is -2.29.